The number of benzene rings is 1. The van der Waals surface area contributed by atoms with E-state index in [0.717, 1.165) is 4.47 Å². The Hall–Kier alpha value is -1.14. The molecule has 2 unspecified atom stereocenters. The van der Waals surface area contributed by atoms with E-state index in [1.807, 2.05) is 41.5 Å². The highest BCUT2D eigenvalue weighted by Crippen LogP contribution is 2.21. The van der Waals surface area contributed by atoms with Crippen molar-refractivity contribution in [2.24, 2.45) is 5.92 Å². The quantitative estimate of drug-likeness (QED) is 0.718. The fourth-order valence-corrected chi connectivity index (χ4v) is 2.55. The lowest BCUT2D eigenvalue weighted by atomic mass is 10.0. The predicted octanol–water partition coefficient (Wildman–Crippen LogP) is 4.79. The summed E-state index contributed by atoms with van der Waals surface area (Å²) in [5.41, 5.74) is 0.0512. The van der Waals surface area contributed by atoms with Gasteiger partial charge < -0.3 is 15.4 Å². The van der Waals surface area contributed by atoms with E-state index in [1.165, 1.54) is 6.07 Å². The molecule has 6 heteroatoms. The van der Waals surface area contributed by atoms with Crippen molar-refractivity contribution in [3.8, 4) is 0 Å². The molecule has 0 radical (unpaired) electrons. The molecule has 0 aliphatic carbocycles. The fraction of sp³-hybridized carbons (Fsp3) is 0.611. The zero-order chi connectivity index (χ0) is 18.5. The first-order valence-electron chi connectivity index (χ1n) is 8.17. The van der Waals surface area contributed by atoms with Crippen LogP contribution >= 0.6 is 15.9 Å². The summed E-state index contributed by atoms with van der Waals surface area (Å²) in [7, 11) is 0. The number of halogens is 2. The van der Waals surface area contributed by atoms with E-state index in [9.17, 15) is 9.18 Å². The predicted molar refractivity (Wildman–Crippen MR) is 98.5 cm³/mol. The van der Waals surface area contributed by atoms with Gasteiger partial charge in [-0.2, -0.15) is 0 Å². The number of nitrogens with one attached hydrogen (secondary N) is 2. The minimum Gasteiger partial charge on any atom is -0.444 e. The van der Waals surface area contributed by atoms with Crippen molar-refractivity contribution in [3.05, 3.63) is 34.1 Å². The molecule has 1 aromatic carbocycles. The Morgan fingerprint density at radius 1 is 1.29 bits per heavy atom. The third-order valence-corrected chi connectivity index (χ3v) is 4.07. The molecule has 136 valence electrons. The molecule has 2 N–H and O–H groups in total. The summed E-state index contributed by atoms with van der Waals surface area (Å²) < 4.78 is 20.1. The largest absolute Gasteiger partial charge is 0.444 e. The van der Waals surface area contributed by atoms with Crippen LogP contribution in [0, 0.1) is 11.7 Å². The Balaban J connectivity index is 2.66. The van der Waals surface area contributed by atoms with E-state index < -0.39 is 11.7 Å². The first-order valence-corrected chi connectivity index (χ1v) is 8.96. The zero-order valence-electron chi connectivity index (χ0n) is 15.2. The van der Waals surface area contributed by atoms with E-state index in [-0.39, 0.29) is 23.8 Å². The highest BCUT2D eigenvalue weighted by Gasteiger charge is 2.22. The van der Waals surface area contributed by atoms with Gasteiger partial charge in [-0.15, -0.1) is 0 Å². The van der Waals surface area contributed by atoms with Gasteiger partial charge in [0, 0.05) is 28.7 Å². The van der Waals surface area contributed by atoms with Crippen molar-refractivity contribution < 1.29 is 13.9 Å². The second-order valence-corrected chi connectivity index (χ2v) is 8.21. The third kappa shape index (κ3) is 7.18. The fourth-order valence-electron chi connectivity index (χ4n) is 2.17. The number of rotatable bonds is 6. The Bertz CT molecular complexity index is 558. The summed E-state index contributed by atoms with van der Waals surface area (Å²) in [6.07, 6.45) is -0.440. The minimum absolute atomic E-state index is 0.113. The van der Waals surface area contributed by atoms with Gasteiger partial charge in [-0.1, -0.05) is 29.8 Å². The Morgan fingerprint density at radius 3 is 2.46 bits per heavy atom. The first-order chi connectivity index (χ1) is 11.0. The molecule has 1 amide bonds. The molecule has 0 saturated carbocycles. The van der Waals surface area contributed by atoms with Crippen LogP contribution in [0.15, 0.2) is 22.7 Å². The van der Waals surface area contributed by atoms with E-state index in [0.29, 0.717) is 12.1 Å². The Labute approximate surface area is 152 Å². The molecule has 0 aromatic heterocycles. The van der Waals surface area contributed by atoms with Crippen molar-refractivity contribution >= 4 is 22.0 Å². The number of ether oxygens (including phenoxy) is 1. The molecule has 0 aliphatic rings. The van der Waals surface area contributed by atoms with Crippen LogP contribution in [0.5, 0.6) is 0 Å². The second-order valence-electron chi connectivity index (χ2n) is 7.29. The van der Waals surface area contributed by atoms with E-state index >= 15 is 0 Å². The van der Waals surface area contributed by atoms with Crippen molar-refractivity contribution in [2.75, 3.05) is 6.54 Å². The number of alkyl carbamates (subject to hydrolysis) is 1. The molecule has 24 heavy (non-hydrogen) atoms. The molecule has 1 aromatic rings. The molecule has 2 atom stereocenters. The van der Waals surface area contributed by atoms with Gasteiger partial charge in [-0.05, 0) is 51.8 Å². The van der Waals surface area contributed by atoms with Crippen molar-refractivity contribution in [1.29, 1.82) is 0 Å². The lowest BCUT2D eigenvalue weighted by Gasteiger charge is -2.27. The van der Waals surface area contributed by atoms with E-state index in [4.69, 9.17) is 4.74 Å². The van der Waals surface area contributed by atoms with Crippen molar-refractivity contribution in [2.45, 2.75) is 59.2 Å². The molecular weight excluding hydrogens is 375 g/mol. The molecule has 0 aliphatic heterocycles. The smallest absolute Gasteiger partial charge is 0.407 e. The monoisotopic (exact) mass is 402 g/mol. The number of hydrogen-bond donors (Lipinski definition) is 2. The molecule has 0 bridgehead atoms. The Kier molecular flexibility index (Phi) is 7.67. The molecule has 0 fully saturated rings. The number of carbonyl (C=O) groups is 1. The van der Waals surface area contributed by atoms with Crippen LogP contribution in [0.1, 0.15) is 53.1 Å². The van der Waals surface area contributed by atoms with Crippen molar-refractivity contribution in [1.82, 2.24) is 10.6 Å². The lowest BCUT2D eigenvalue weighted by Crippen LogP contribution is -2.47. The highest BCUT2D eigenvalue weighted by molar-refractivity contribution is 9.10. The SMILES string of the molecule is CC(NCC(NC(=O)OC(C)(C)C)C(C)C)c1cc(Br)ccc1F. The summed E-state index contributed by atoms with van der Waals surface area (Å²) in [6, 6.07) is 4.59. The number of carbonyl (C=O) groups excluding carboxylic acids is 1. The molecule has 0 spiro atoms. The maximum absolute atomic E-state index is 13.9. The van der Waals surface area contributed by atoms with Crippen LogP contribution in [0.4, 0.5) is 9.18 Å². The van der Waals surface area contributed by atoms with Crippen molar-refractivity contribution in [3.63, 3.8) is 0 Å². The maximum atomic E-state index is 13.9. The van der Waals surface area contributed by atoms with E-state index in [1.54, 1.807) is 12.1 Å². The third-order valence-electron chi connectivity index (χ3n) is 3.58. The molecule has 4 nitrogen and oxygen atoms in total. The average molecular weight is 403 g/mol. The van der Waals surface area contributed by atoms with Gasteiger partial charge in [0.15, 0.2) is 0 Å². The normalized spacial score (nSPS) is 14.4. The number of hydrogen-bond acceptors (Lipinski definition) is 3. The molecule has 0 heterocycles. The zero-order valence-corrected chi connectivity index (χ0v) is 16.8. The van der Waals surface area contributed by atoms with Gasteiger partial charge in [0.1, 0.15) is 11.4 Å². The number of amides is 1. The molecular formula is C18H28BrFN2O2. The lowest BCUT2D eigenvalue weighted by molar-refractivity contribution is 0.0489. The van der Waals surface area contributed by atoms with Gasteiger partial charge in [0.25, 0.3) is 0 Å². The summed E-state index contributed by atoms with van der Waals surface area (Å²) in [5, 5.41) is 6.16. The van der Waals surface area contributed by atoms with Crippen LogP contribution < -0.4 is 10.6 Å². The maximum Gasteiger partial charge on any atom is 0.407 e. The summed E-state index contributed by atoms with van der Waals surface area (Å²) in [4.78, 5) is 12.0. The van der Waals surface area contributed by atoms with Crippen LogP contribution in [0.2, 0.25) is 0 Å². The standard InChI is InChI=1S/C18H28BrFN2O2/c1-11(2)16(22-17(23)24-18(4,5)6)10-21-12(3)14-9-13(19)7-8-15(14)20/h7-9,11-12,16,21H,10H2,1-6H3,(H,22,23). The minimum atomic E-state index is -0.536. The van der Waals surface area contributed by atoms with Gasteiger partial charge in [-0.25, -0.2) is 9.18 Å². The molecule has 1 rings (SSSR count). The van der Waals surface area contributed by atoms with Crippen LogP contribution in [0.3, 0.4) is 0 Å². The van der Waals surface area contributed by atoms with Gasteiger partial charge >= 0.3 is 6.09 Å². The van der Waals surface area contributed by atoms with E-state index in [2.05, 4.69) is 26.6 Å². The van der Waals surface area contributed by atoms with Crippen LogP contribution in [0.25, 0.3) is 0 Å². The average Bonchev–Trinajstić information content (AvgIpc) is 2.43. The van der Waals surface area contributed by atoms with Gasteiger partial charge in [0.05, 0.1) is 0 Å². The molecule has 0 saturated heterocycles. The summed E-state index contributed by atoms with van der Waals surface area (Å²) >= 11 is 3.36. The van der Waals surface area contributed by atoms with Crippen LogP contribution in [-0.4, -0.2) is 24.3 Å². The Morgan fingerprint density at radius 2 is 1.92 bits per heavy atom. The highest BCUT2D eigenvalue weighted by atomic mass is 79.9. The van der Waals surface area contributed by atoms with Gasteiger partial charge in [0.2, 0.25) is 0 Å². The summed E-state index contributed by atoms with van der Waals surface area (Å²) in [6.45, 7) is 11.9. The topological polar surface area (TPSA) is 50.4 Å². The first kappa shape index (κ1) is 20.9. The second kappa shape index (κ2) is 8.81. The van der Waals surface area contributed by atoms with Crippen LogP contribution in [-0.2, 0) is 4.74 Å². The summed E-state index contributed by atoms with van der Waals surface area (Å²) in [5.74, 6) is -0.0380. The van der Waals surface area contributed by atoms with Gasteiger partial charge in [-0.3, -0.25) is 0 Å².